The summed E-state index contributed by atoms with van der Waals surface area (Å²) in [5.41, 5.74) is -3.74. The van der Waals surface area contributed by atoms with Crippen LogP contribution in [-0.4, -0.2) is 16.3 Å². The highest BCUT2D eigenvalue weighted by Gasteiger charge is 2.21. The summed E-state index contributed by atoms with van der Waals surface area (Å²) in [6.45, 7) is 0. The predicted molar refractivity (Wildman–Crippen MR) is 59.7 cm³/mol. The van der Waals surface area contributed by atoms with Crippen molar-refractivity contribution < 1.29 is 0 Å². The van der Waals surface area contributed by atoms with Gasteiger partial charge in [-0.1, -0.05) is 0 Å². The van der Waals surface area contributed by atoms with Crippen LogP contribution in [0.1, 0.15) is 0 Å². The van der Waals surface area contributed by atoms with Gasteiger partial charge in [-0.2, -0.15) is 16.3 Å². The van der Waals surface area contributed by atoms with E-state index in [-0.39, 0.29) is 9.73 Å². The highest BCUT2D eigenvalue weighted by atomic mass is 35.5. The molecule has 0 amide bonds. The fourth-order valence-electron chi connectivity index (χ4n) is 1.14. The third kappa shape index (κ3) is 1.26. The second-order valence-corrected chi connectivity index (χ2v) is 4.02. The first-order valence-corrected chi connectivity index (χ1v) is 4.93. The van der Waals surface area contributed by atoms with Crippen molar-refractivity contribution in [2.45, 2.75) is 0 Å². The quantitative estimate of drug-likeness (QED) is 0.695. The molecule has 0 aliphatic rings. The molecule has 2 rings (SSSR count). The van der Waals surface area contributed by atoms with Crippen LogP contribution in [0.3, 0.4) is 0 Å². The molecule has 2 aromatic rings. The highest BCUT2D eigenvalue weighted by molar-refractivity contribution is 6.25. The molecule has 0 bridgehead atoms. The van der Waals surface area contributed by atoms with Crippen molar-refractivity contribution in [2.75, 3.05) is 0 Å². The average Bonchev–Trinajstić information content (AvgIpc) is 2.48. The zero-order valence-electron chi connectivity index (χ0n) is 7.03. The Morgan fingerprint density at radius 3 is 1.62 bits per heavy atom. The van der Waals surface area contributed by atoms with E-state index >= 15 is 0 Å². The summed E-state index contributed by atoms with van der Waals surface area (Å²) < 4.78 is 1.46. The van der Waals surface area contributed by atoms with E-state index in [0.29, 0.717) is 12.3 Å². The summed E-state index contributed by atoms with van der Waals surface area (Å²) in [6, 6.07) is 0. The molecule has 7 nitrogen and oxygen atoms in total. The van der Waals surface area contributed by atoms with Crippen LogP contribution in [0.15, 0.2) is 14.4 Å². The first kappa shape index (κ1) is 11.6. The molecule has 0 N–H and O–H groups in total. The summed E-state index contributed by atoms with van der Waals surface area (Å²) >= 11 is 21.9. The van der Waals surface area contributed by atoms with E-state index in [1.807, 2.05) is 0 Å². The molecule has 0 aliphatic heterocycles. The lowest BCUT2D eigenvalue weighted by atomic mass is 10.5. The first-order chi connectivity index (χ1) is 7.37. The Balaban J connectivity index is 3.36. The van der Waals surface area contributed by atoms with Gasteiger partial charge in [0.05, 0.1) is 0 Å². The van der Waals surface area contributed by atoms with Crippen molar-refractivity contribution in [3.05, 3.63) is 31.3 Å². The van der Waals surface area contributed by atoms with Gasteiger partial charge in [-0.05, 0) is 0 Å². The number of rotatable bonds is 0. The minimum atomic E-state index is -1.06. The molecule has 0 aromatic carbocycles. The first-order valence-electron chi connectivity index (χ1n) is 3.58. The smallest absolute Gasteiger partial charge is 0.265 e. The van der Waals surface area contributed by atoms with Crippen molar-refractivity contribution in [3.8, 4) is 0 Å². The summed E-state index contributed by atoms with van der Waals surface area (Å²) in [5, 5.41) is 0. The molecule has 86 valence electrons. The predicted octanol–water partition coefficient (Wildman–Crippen LogP) is 0.134. The Labute approximate surface area is 106 Å². The van der Waals surface area contributed by atoms with Crippen LogP contribution in [-0.2, 0) is 0 Å². The molecule has 2 heterocycles. The third-order valence-corrected chi connectivity index (χ3v) is 3.05. The van der Waals surface area contributed by atoms with E-state index in [4.69, 9.17) is 47.1 Å². The van der Waals surface area contributed by atoms with E-state index in [1.54, 1.807) is 0 Å². The fourth-order valence-corrected chi connectivity index (χ4v) is 2.10. The molecule has 0 radical (unpaired) electrons. The summed E-state index contributed by atoms with van der Waals surface area (Å²) in [5.74, 6) is 0. The maximum absolute atomic E-state index is 11.5. The number of aromatic nitrogens is 4. The number of hydrogen-bond donors (Lipinski definition) is 0. The van der Waals surface area contributed by atoms with Crippen LogP contribution < -0.4 is 16.9 Å². The molecular formula is C5Cl4N4O3. The molecule has 0 saturated heterocycles. The van der Waals surface area contributed by atoms with Gasteiger partial charge in [0.2, 0.25) is 0 Å². The van der Waals surface area contributed by atoms with Crippen molar-refractivity contribution >= 4 is 58.3 Å². The minimum Gasteiger partial charge on any atom is -0.265 e. The van der Waals surface area contributed by atoms with E-state index < -0.39 is 22.5 Å². The van der Waals surface area contributed by atoms with Gasteiger partial charge in [-0.25, -0.2) is 9.59 Å². The maximum atomic E-state index is 11.5. The molecule has 0 fully saturated rings. The van der Waals surface area contributed by atoms with Crippen molar-refractivity contribution in [1.82, 2.24) is 16.3 Å². The fraction of sp³-hybridized carbons (Fsp3) is 0. The van der Waals surface area contributed by atoms with Gasteiger partial charge in [-0.15, -0.1) is 0 Å². The molecule has 0 saturated carbocycles. The van der Waals surface area contributed by atoms with Crippen LogP contribution in [0.2, 0.25) is 0 Å². The maximum Gasteiger partial charge on any atom is 0.362 e. The van der Waals surface area contributed by atoms with Crippen molar-refractivity contribution in [2.24, 2.45) is 0 Å². The topological polar surface area (TPSA) is 70.9 Å². The Morgan fingerprint density at radius 2 is 1.12 bits per heavy atom. The number of fused-ring (bicyclic) bond motifs is 1. The molecule has 2 aromatic heterocycles. The molecule has 0 aliphatic carbocycles. The zero-order valence-corrected chi connectivity index (χ0v) is 10.0. The second kappa shape index (κ2) is 3.56. The summed E-state index contributed by atoms with van der Waals surface area (Å²) in [6.07, 6.45) is 0. The van der Waals surface area contributed by atoms with Gasteiger partial charge in [0.25, 0.3) is 5.56 Å². The highest BCUT2D eigenvalue weighted by Crippen LogP contribution is 2.10. The second-order valence-electron chi connectivity index (χ2n) is 2.67. The Morgan fingerprint density at radius 1 is 0.688 bits per heavy atom. The third-order valence-electron chi connectivity index (χ3n) is 1.83. The Kier molecular flexibility index (Phi) is 2.58. The van der Waals surface area contributed by atoms with Gasteiger partial charge in [0.15, 0.2) is 11.2 Å². The number of nitrogens with zero attached hydrogens (tertiary/aromatic N) is 4. The lowest BCUT2D eigenvalue weighted by molar-refractivity contribution is 0.945. The molecule has 0 spiro atoms. The van der Waals surface area contributed by atoms with Gasteiger partial charge in [0.1, 0.15) is 0 Å². The number of halogens is 4. The van der Waals surface area contributed by atoms with E-state index in [2.05, 4.69) is 0 Å². The lowest BCUT2D eigenvalue weighted by Gasteiger charge is -1.99. The van der Waals surface area contributed by atoms with E-state index in [0.717, 1.165) is 0 Å². The van der Waals surface area contributed by atoms with E-state index in [9.17, 15) is 14.4 Å². The SMILES string of the molecule is O=c1c2c(n(Cl)c(=O)n1Cl)n(Cl)c(=O)n2Cl. The summed E-state index contributed by atoms with van der Waals surface area (Å²) in [4.78, 5) is 34.2. The van der Waals surface area contributed by atoms with Gasteiger partial charge in [0, 0.05) is 47.1 Å². The molecule has 16 heavy (non-hydrogen) atoms. The standard InChI is InChI=1S/C5Cl4N4O3/c6-10-1-2(11(7)4(10)15)12(8)5(16)13(9)3(1)14. The van der Waals surface area contributed by atoms with Crippen LogP contribution in [0.5, 0.6) is 0 Å². The largest absolute Gasteiger partial charge is 0.362 e. The van der Waals surface area contributed by atoms with Crippen molar-refractivity contribution in [1.29, 1.82) is 0 Å². The Bertz CT molecular complexity index is 765. The molecular weight excluding hydrogens is 306 g/mol. The van der Waals surface area contributed by atoms with Gasteiger partial charge < -0.3 is 0 Å². The normalized spacial score (nSPS) is 11.2. The van der Waals surface area contributed by atoms with E-state index in [1.165, 1.54) is 0 Å². The molecule has 0 unspecified atom stereocenters. The van der Waals surface area contributed by atoms with Crippen LogP contribution >= 0.6 is 47.1 Å². The number of hydrogen-bond acceptors (Lipinski definition) is 3. The lowest BCUT2D eigenvalue weighted by Crippen LogP contribution is -2.33. The zero-order chi connectivity index (χ0) is 12.2. The molecule has 11 heteroatoms. The van der Waals surface area contributed by atoms with Crippen molar-refractivity contribution in [3.63, 3.8) is 0 Å². The number of imidazole rings is 1. The van der Waals surface area contributed by atoms with Gasteiger partial charge >= 0.3 is 11.4 Å². The van der Waals surface area contributed by atoms with Crippen LogP contribution in [0, 0.1) is 0 Å². The van der Waals surface area contributed by atoms with Crippen LogP contribution in [0.4, 0.5) is 0 Å². The average molecular weight is 306 g/mol. The minimum absolute atomic E-state index is 0.185. The Hall–Kier alpha value is -0.890. The monoisotopic (exact) mass is 304 g/mol. The van der Waals surface area contributed by atoms with Crippen LogP contribution in [0.25, 0.3) is 11.2 Å². The molecule has 0 atom stereocenters. The van der Waals surface area contributed by atoms with Gasteiger partial charge in [-0.3, -0.25) is 4.79 Å². The summed E-state index contributed by atoms with van der Waals surface area (Å²) in [7, 11) is 0.